The lowest BCUT2D eigenvalue weighted by Crippen LogP contribution is -2.25. The lowest BCUT2D eigenvalue weighted by Gasteiger charge is -2.17. The zero-order valence-electron chi connectivity index (χ0n) is 12.0. The van der Waals surface area contributed by atoms with Gasteiger partial charge in [0.1, 0.15) is 4.90 Å². The molecular formula is C13H22N2O3S2. The maximum absolute atomic E-state index is 12.1. The molecule has 7 heteroatoms. The predicted octanol–water partition coefficient (Wildman–Crippen LogP) is 1.55. The highest BCUT2D eigenvalue weighted by atomic mass is 32.2. The molecule has 5 nitrogen and oxygen atoms in total. The minimum Gasteiger partial charge on any atom is -0.381 e. The van der Waals surface area contributed by atoms with E-state index in [-0.39, 0.29) is 10.9 Å². The van der Waals surface area contributed by atoms with Crippen molar-refractivity contribution in [3.05, 3.63) is 24.3 Å². The van der Waals surface area contributed by atoms with Gasteiger partial charge in [0.25, 0.3) is 0 Å². The van der Waals surface area contributed by atoms with Crippen LogP contribution in [0.1, 0.15) is 20.3 Å². The minimum atomic E-state index is -3.49. The maximum Gasteiger partial charge on any atom is 0.242 e. The molecule has 0 radical (unpaired) electrons. The van der Waals surface area contributed by atoms with E-state index < -0.39 is 20.8 Å². The van der Waals surface area contributed by atoms with E-state index in [4.69, 9.17) is 0 Å². The first-order chi connectivity index (χ1) is 9.36. The van der Waals surface area contributed by atoms with Crippen LogP contribution in [0, 0.1) is 0 Å². The van der Waals surface area contributed by atoms with E-state index in [1.165, 1.54) is 0 Å². The van der Waals surface area contributed by atoms with Crippen LogP contribution in [0.2, 0.25) is 0 Å². The Bertz CT molecular complexity index is 558. The van der Waals surface area contributed by atoms with E-state index in [9.17, 15) is 12.6 Å². The van der Waals surface area contributed by atoms with Gasteiger partial charge >= 0.3 is 0 Å². The first-order valence-electron chi connectivity index (χ1n) is 6.52. The third-order valence-corrected chi connectivity index (χ3v) is 5.17. The van der Waals surface area contributed by atoms with Gasteiger partial charge in [0, 0.05) is 35.4 Å². The molecule has 20 heavy (non-hydrogen) atoms. The summed E-state index contributed by atoms with van der Waals surface area (Å²) in [5.74, 6) is 0.594. The molecule has 0 aliphatic carbocycles. The van der Waals surface area contributed by atoms with Crippen LogP contribution in [0.3, 0.4) is 0 Å². The molecule has 2 N–H and O–H groups in total. The normalized spacial score (nSPS) is 14.8. The molecule has 0 aliphatic heterocycles. The van der Waals surface area contributed by atoms with Crippen molar-refractivity contribution >= 4 is 26.5 Å². The van der Waals surface area contributed by atoms with Crippen LogP contribution >= 0.6 is 0 Å². The zero-order chi connectivity index (χ0) is 15.2. The van der Waals surface area contributed by atoms with Crippen molar-refractivity contribution in [2.45, 2.75) is 31.2 Å². The molecule has 1 aromatic carbocycles. The van der Waals surface area contributed by atoms with Crippen LogP contribution in [0.4, 0.5) is 5.69 Å². The Kier molecular flexibility index (Phi) is 6.64. The standard InChI is InChI=1S/C13H22N2O3S2/c1-4-14-20(17,18)13-8-6-5-7-12(13)15-11(2)9-10-19(3)16/h5-8,11,14-15H,4,9-10H2,1-3H3. The monoisotopic (exact) mass is 318 g/mol. The quantitative estimate of drug-likeness (QED) is 0.762. The Morgan fingerprint density at radius 1 is 1.30 bits per heavy atom. The Hall–Kier alpha value is -0.920. The number of anilines is 1. The van der Waals surface area contributed by atoms with Gasteiger partial charge in [0.05, 0.1) is 5.69 Å². The van der Waals surface area contributed by atoms with Gasteiger partial charge in [-0.3, -0.25) is 4.21 Å². The average Bonchev–Trinajstić information content (AvgIpc) is 2.37. The summed E-state index contributed by atoms with van der Waals surface area (Å²) in [6, 6.07) is 6.85. The summed E-state index contributed by atoms with van der Waals surface area (Å²) in [6.07, 6.45) is 2.38. The number of para-hydroxylation sites is 1. The minimum absolute atomic E-state index is 0.0527. The highest BCUT2D eigenvalue weighted by molar-refractivity contribution is 7.89. The Morgan fingerprint density at radius 3 is 2.55 bits per heavy atom. The summed E-state index contributed by atoms with van der Waals surface area (Å²) in [5.41, 5.74) is 0.572. The van der Waals surface area contributed by atoms with Crippen molar-refractivity contribution in [2.24, 2.45) is 0 Å². The van der Waals surface area contributed by atoms with E-state index in [1.54, 1.807) is 37.4 Å². The summed E-state index contributed by atoms with van der Waals surface area (Å²) in [7, 11) is -4.33. The predicted molar refractivity (Wildman–Crippen MR) is 83.9 cm³/mol. The molecule has 0 heterocycles. The Balaban J connectivity index is 2.88. The molecule has 0 saturated heterocycles. The third kappa shape index (κ3) is 5.22. The largest absolute Gasteiger partial charge is 0.381 e. The molecule has 114 valence electrons. The summed E-state index contributed by atoms with van der Waals surface area (Å²) < 4.78 is 37.8. The fraction of sp³-hybridized carbons (Fsp3) is 0.538. The second kappa shape index (κ2) is 7.75. The topological polar surface area (TPSA) is 75.3 Å². The van der Waals surface area contributed by atoms with E-state index in [2.05, 4.69) is 10.0 Å². The number of rotatable bonds is 8. The molecule has 2 unspecified atom stereocenters. The van der Waals surface area contributed by atoms with Crippen LogP contribution in [0.5, 0.6) is 0 Å². The van der Waals surface area contributed by atoms with Gasteiger partial charge in [0.15, 0.2) is 0 Å². The van der Waals surface area contributed by atoms with E-state index in [1.807, 2.05) is 6.92 Å². The van der Waals surface area contributed by atoms with Crippen LogP contribution in [0.25, 0.3) is 0 Å². The van der Waals surface area contributed by atoms with Gasteiger partial charge in [-0.1, -0.05) is 19.1 Å². The van der Waals surface area contributed by atoms with Crippen molar-refractivity contribution < 1.29 is 12.6 Å². The highest BCUT2D eigenvalue weighted by Gasteiger charge is 2.17. The number of hydrogen-bond donors (Lipinski definition) is 2. The lowest BCUT2D eigenvalue weighted by atomic mass is 10.2. The van der Waals surface area contributed by atoms with Gasteiger partial charge in [-0.25, -0.2) is 13.1 Å². The van der Waals surface area contributed by atoms with Crippen molar-refractivity contribution in [1.29, 1.82) is 0 Å². The lowest BCUT2D eigenvalue weighted by molar-refractivity contribution is 0.584. The Labute approximate surface area is 123 Å². The molecule has 0 saturated carbocycles. The molecule has 0 fully saturated rings. The van der Waals surface area contributed by atoms with Gasteiger partial charge < -0.3 is 5.32 Å². The number of sulfonamides is 1. The van der Waals surface area contributed by atoms with Gasteiger partial charge in [-0.05, 0) is 25.5 Å². The average molecular weight is 318 g/mol. The fourth-order valence-electron chi connectivity index (χ4n) is 1.77. The number of nitrogens with one attached hydrogen (secondary N) is 2. The smallest absolute Gasteiger partial charge is 0.242 e. The zero-order valence-corrected chi connectivity index (χ0v) is 13.7. The van der Waals surface area contributed by atoms with Gasteiger partial charge in [0.2, 0.25) is 10.0 Å². The SMILES string of the molecule is CCNS(=O)(=O)c1ccccc1NC(C)CCS(C)=O. The molecule has 2 atom stereocenters. The van der Waals surface area contributed by atoms with E-state index in [0.29, 0.717) is 18.0 Å². The summed E-state index contributed by atoms with van der Waals surface area (Å²) in [4.78, 5) is 0.242. The molecule has 0 amide bonds. The van der Waals surface area contributed by atoms with Gasteiger partial charge in [-0.2, -0.15) is 0 Å². The number of hydrogen-bond acceptors (Lipinski definition) is 4. The van der Waals surface area contributed by atoms with Crippen molar-refractivity contribution in [2.75, 3.05) is 23.9 Å². The first-order valence-corrected chi connectivity index (χ1v) is 9.73. The Morgan fingerprint density at radius 2 is 1.95 bits per heavy atom. The second-order valence-electron chi connectivity index (χ2n) is 4.61. The van der Waals surface area contributed by atoms with Crippen LogP contribution in [-0.2, 0) is 20.8 Å². The molecular weight excluding hydrogens is 296 g/mol. The molecule has 1 aromatic rings. The van der Waals surface area contributed by atoms with E-state index in [0.717, 1.165) is 6.42 Å². The van der Waals surface area contributed by atoms with Crippen molar-refractivity contribution in [3.63, 3.8) is 0 Å². The summed E-state index contributed by atoms with van der Waals surface area (Å²) in [6.45, 7) is 4.04. The first kappa shape index (κ1) is 17.1. The maximum atomic E-state index is 12.1. The van der Waals surface area contributed by atoms with Crippen molar-refractivity contribution in [1.82, 2.24) is 4.72 Å². The van der Waals surface area contributed by atoms with E-state index >= 15 is 0 Å². The third-order valence-electron chi connectivity index (χ3n) is 2.75. The second-order valence-corrected chi connectivity index (χ2v) is 7.90. The molecule has 0 aliphatic rings. The summed E-state index contributed by atoms with van der Waals surface area (Å²) >= 11 is 0. The molecule has 0 aromatic heterocycles. The number of benzene rings is 1. The van der Waals surface area contributed by atoms with Crippen LogP contribution < -0.4 is 10.0 Å². The van der Waals surface area contributed by atoms with Crippen LogP contribution in [-0.4, -0.2) is 37.2 Å². The molecule has 1 rings (SSSR count). The molecule has 0 spiro atoms. The van der Waals surface area contributed by atoms with Crippen LogP contribution in [0.15, 0.2) is 29.2 Å². The molecule has 0 bridgehead atoms. The summed E-state index contributed by atoms with van der Waals surface area (Å²) in [5, 5.41) is 3.18. The van der Waals surface area contributed by atoms with Gasteiger partial charge in [-0.15, -0.1) is 0 Å². The fourth-order valence-corrected chi connectivity index (χ4v) is 3.66. The van der Waals surface area contributed by atoms with Crippen molar-refractivity contribution in [3.8, 4) is 0 Å². The highest BCUT2D eigenvalue weighted by Crippen LogP contribution is 2.21.